The molecule has 0 aromatic carbocycles. The van der Waals surface area contributed by atoms with Gasteiger partial charge in [0.1, 0.15) is 9.84 Å². The fraction of sp³-hybridized carbons (Fsp3) is 0.583. The van der Waals surface area contributed by atoms with E-state index in [2.05, 4.69) is 9.88 Å². The molecule has 1 heterocycles. The zero-order chi connectivity index (χ0) is 12.9. The Bertz CT molecular complexity index is 431. The van der Waals surface area contributed by atoms with Gasteiger partial charge < -0.3 is 0 Å². The Morgan fingerprint density at radius 1 is 1.41 bits per heavy atom. The SMILES string of the molecule is CCN(CCS(C)(=O)=O)[C@H](C)c1ccccn1. The van der Waals surface area contributed by atoms with Crippen LogP contribution in [-0.2, 0) is 9.84 Å². The van der Waals surface area contributed by atoms with Crippen molar-refractivity contribution in [1.29, 1.82) is 0 Å². The van der Waals surface area contributed by atoms with E-state index >= 15 is 0 Å². The monoisotopic (exact) mass is 256 g/mol. The number of pyridine rings is 1. The summed E-state index contributed by atoms with van der Waals surface area (Å²) in [4.78, 5) is 6.42. The van der Waals surface area contributed by atoms with Gasteiger partial charge in [-0.25, -0.2) is 8.42 Å². The summed E-state index contributed by atoms with van der Waals surface area (Å²) in [5.74, 6) is 0.192. The van der Waals surface area contributed by atoms with E-state index in [-0.39, 0.29) is 11.8 Å². The lowest BCUT2D eigenvalue weighted by Gasteiger charge is -2.26. The van der Waals surface area contributed by atoms with Gasteiger partial charge in [0, 0.05) is 25.0 Å². The molecule has 1 aromatic rings. The maximum absolute atomic E-state index is 11.2. The molecule has 0 N–H and O–H groups in total. The first kappa shape index (κ1) is 14.1. The molecule has 0 spiro atoms. The first-order chi connectivity index (χ1) is 7.94. The Kier molecular flexibility index (Phi) is 5.08. The number of sulfone groups is 1. The van der Waals surface area contributed by atoms with E-state index in [1.54, 1.807) is 6.20 Å². The maximum Gasteiger partial charge on any atom is 0.148 e. The molecule has 1 aromatic heterocycles. The first-order valence-corrected chi connectivity index (χ1v) is 7.83. The number of hydrogen-bond acceptors (Lipinski definition) is 4. The molecule has 0 aliphatic rings. The minimum Gasteiger partial charge on any atom is -0.294 e. The van der Waals surface area contributed by atoms with Crippen LogP contribution in [0, 0.1) is 0 Å². The van der Waals surface area contributed by atoms with Crippen molar-refractivity contribution in [3.8, 4) is 0 Å². The fourth-order valence-electron chi connectivity index (χ4n) is 1.72. The third-order valence-electron chi connectivity index (χ3n) is 2.82. The van der Waals surface area contributed by atoms with Crippen molar-refractivity contribution in [2.45, 2.75) is 19.9 Å². The van der Waals surface area contributed by atoms with Crippen LogP contribution >= 0.6 is 0 Å². The molecule has 1 atom stereocenters. The van der Waals surface area contributed by atoms with Crippen molar-refractivity contribution in [2.75, 3.05) is 25.1 Å². The largest absolute Gasteiger partial charge is 0.294 e. The van der Waals surface area contributed by atoms with Crippen LogP contribution in [0.5, 0.6) is 0 Å². The first-order valence-electron chi connectivity index (χ1n) is 5.76. The van der Waals surface area contributed by atoms with Crippen molar-refractivity contribution in [3.63, 3.8) is 0 Å². The van der Waals surface area contributed by atoms with Gasteiger partial charge in [0.05, 0.1) is 11.4 Å². The summed E-state index contributed by atoms with van der Waals surface area (Å²) in [5.41, 5.74) is 0.975. The normalized spacial score (nSPS) is 13.9. The van der Waals surface area contributed by atoms with Crippen LogP contribution < -0.4 is 0 Å². The highest BCUT2D eigenvalue weighted by molar-refractivity contribution is 7.90. The predicted octanol–water partition coefficient (Wildman–Crippen LogP) is 1.51. The van der Waals surface area contributed by atoms with Crippen LogP contribution in [0.2, 0.25) is 0 Å². The second kappa shape index (κ2) is 6.12. The zero-order valence-electron chi connectivity index (χ0n) is 10.6. The standard InChI is InChI=1S/C12H20N2O2S/c1-4-14(9-10-17(3,15)16)11(2)12-7-5-6-8-13-12/h5-8,11H,4,9-10H2,1-3H3/t11-/m1/s1. The second-order valence-electron chi connectivity index (χ2n) is 4.19. The molecular weight excluding hydrogens is 236 g/mol. The van der Waals surface area contributed by atoms with E-state index in [9.17, 15) is 8.42 Å². The Morgan fingerprint density at radius 3 is 2.59 bits per heavy atom. The van der Waals surface area contributed by atoms with E-state index in [0.29, 0.717) is 6.54 Å². The highest BCUT2D eigenvalue weighted by Crippen LogP contribution is 2.16. The third kappa shape index (κ3) is 4.83. The Hall–Kier alpha value is -0.940. The maximum atomic E-state index is 11.2. The lowest BCUT2D eigenvalue weighted by molar-refractivity contribution is 0.231. The van der Waals surface area contributed by atoms with Crippen molar-refractivity contribution >= 4 is 9.84 Å². The van der Waals surface area contributed by atoms with Gasteiger partial charge in [-0.05, 0) is 25.6 Å². The van der Waals surface area contributed by atoms with E-state index < -0.39 is 9.84 Å². The van der Waals surface area contributed by atoms with Gasteiger partial charge in [-0.2, -0.15) is 0 Å². The number of nitrogens with zero attached hydrogens (tertiary/aromatic N) is 2. The Balaban J connectivity index is 2.68. The predicted molar refractivity (Wildman–Crippen MR) is 69.6 cm³/mol. The average molecular weight is 256 g/mol. The van der Waals surface area contributed by atoms with E-state index in [4.69, 9.17) is 0 Å². The molecule has 1 rings (SSSR count). The minimum atomic E-state index is -2.91. The van der Waals surface area contributed by atoms with Crippen LogP contribution in [-0.4, -0.2) is 43.4 Å². The highest BCUT2D eigenvalue weighted by Gasteiger charge is 2.16. The lowest BCUT2D eigenvalue weighted by Crippen LogP contribution is -2.32. The second-order valence-corrected chi connectivity index (χ2v) is 6.45. The molecule has 0 unspecified atom stereocenters. The Labute approximate surface area is 104 Å². The van der Waals surface area contributed by atoms with Gasteiger partial charge in [0.25, 0.3) is 0 Å². The topological polar surface area (TPSA) is 50.3 Å². The number of aromatic nitrogens is 1. The summed E-state index contributed by atoms with van der Waals surface area (Å²) in [6.07, 6.45) is 3.03. The molecule has 0 saturated carbocycles. The quantitative estimate of drug-likeness (QED) is 0.774. The van der Waals surface area contributed by atoms with E-state index in [0.717, 1.165) is 12.2 Å². The van der Waals surface area contributed by atoms with Crippen LogP contribution in [0.3, 0.4) is 0 Å². The zero-order valence-corrected chi connectivity index (χ0v) is 11.4. The van der Waals surface area contributed by atoms with Crippen LogP contribution in [0.25, 0.3) is 0 Å². The van der Waals surface area contributed by atoms with Crippen LogP contribution in [0.15, 0.2) is 24.4 Å². The van der Waals surface area contributed by atoms with E-state index in [1.165, 1.54) is 6.26 Å². The molecule has 0 bridgehead atoms. The van der Waals surface area contributed by atoms with Crippen molar-refractivity contribution in [2.24, 2.45) is 0 Å². The van der Waals surface area contributed by atoms with Crippen molar-refractivity contribution in [1.82, 2.24) is 9.88 Å². The van der Waals surface area contributed by atoms with Gasteiger partial charge in [-0.15, -0.1) is 0 Å². The average Bonchev–Trinajstić information content (AvgIpc) is 2.29. The third-order valence-corrected chi connectivity index (χ3v) is 3.74. The van der Waals surface area contributed by atoms with Crippen molar-refractivity contribution < 1.29 is 8.42 Å². The highest BCUT2D eigenvalue weighted by atomic mass is 32.2. The van der Waals surface area contributed by atoms with Gasteiger partial charge >= 0.3 is 0 Å². The smallest absolute Gasteiger partial charge is 0.148 e. The fourth-order valence-corrected chi connectivity index (χ4v) is 2.29. The summed E-state index contributed by atoms with van der Waals surface area (Å²) in [6, 6.07) is 5.93. The molecule has 5 heteroatoms. The molecule has 0 amide bonds. The molecule has 0 aliphatic heterocycles. The van der Waals surface area contributed by atoms with E-state index in [1.807, 2.05) is 32.0 Å². The summed E-state index contributed by atoms with van der Waals surface area (Å²) < 4.78 is 22.3. The molecule has 4 nitrogen and oxygen atoms in total. The number of hydrogen-bond donors (Lipinski definition) is 0. The molecular formula is C12H20N2O2S. The summed E-state index contributed by atoms with van der Waals surface area (Å²) in [7, 11) is -2.91. The summed E-state index contributed by atoms with van der Waals surface area (Å²) >= 11 is 0. The summed E-state index contributed by atoms with van der Waals surface area (Å²) in [6.45, 7) is 5.44. The van der Waals surface area contributed by atoms with Crippen molar-refractivity contribution in [3.05, 3.63) is 30.1 Å². The van der Waals surface area contributed by atoms with Gasteiger partial charge in [0.15, 0.2) is 0 Å². The molecule has 17 heavy (non-hydrogen) atoms. The van der Waals surface area contributed by atoms with Gasteiger partial charge in [-0.1, -0.05) is 13.0 Å². The van der Waals surface area contributed by atoms with Gasteiger partial charge in [0.2, 0.25) is 0 Å². The van der Waals surface area contributed by atoms with Crippen LogP contribution in [0.1, 0.15) is 25.6 Å². The lowest BCUT2D eigenvalue weighted by atomic mass is 10.2. The molecule has 0 saturated heterocycles. The molecule has 0 aliphatic carbocycles. The molecule has 96 valence electrons. The summed E-state index contributed by atoms with van der Waals surface area (Å²) in [5, 5.41) is 0. The molecule has 0 fully saturated rings. The number of rotatable bonds is 6. The van der Waals surface area contributed by atoms with Gasteiger partial charge in [-0.3, -0.25) is 9.88 Å². The Morgan fingerprint density at radius 2 is 2.12 bits per heavy atom. The molecule has 0 radical (unpaired) electrons. The minimum absolute atomic E-state index is 0.142. The van der Waals surface area contributed by atoms with Crippen LogP contribution in [0.4, 0.5) is 0 Å².